The molecule has 0 aliphatic heterocycles. The van der Waals surface area contributed by atoms with Crippen LogP contribution in [0, 0.1) is 6.92 Å². The van der Waals surface area contributed by atoms with Crippen LogP contribution in [0.2, 0.25) is 0 Å². The summed E-state index contributed by atoms with van der Waals surface area (Å²) >= 11 is 0. The lowest BCUT2D eigenvalue weighted by molar-refractivity contribution is 0.855. The summed E-state index contributed by atoms with van der Waals surface area (Å²) in [6.45, 7) is 5.79. The highest BCUT2D eigenvalue weighted by molar-refractivity contribution is 5.27. The normalized spacial score (nSPS) is 10.2. The van der Waals surface area contributed by atoms with Gasteiger partial charge in [0.05, 0.1) is 0 Å². The number of aromatic nitrogens is 3. The smallest absolute Gasteiger partial charge is 0.233 e. The van der Waals surface area contributed by atoms with E-state index in [0.717, 1.165) is 23.8 Å². The van der Waals surface area contributed by atoms with Crippen molar-refractivity contribution in [2.45, 2.75) is 13.3 Å². The second-order valence-corrected chi connectivity index (χ2v) is 3.34. The Morgan fingerprint density at radius 3 is 2.73 bits per heavy atom. The zero-order valence-corrected chi connectivity index (χ0v) is 8.72. The van der Waals surface area contributed by atoms with Crippen molar-refractivity contribution in [1.82, 2.24) is 14.5 Å². The van der Waals surface area contributed by atoms with E-state index in [9.17, 15) is 0 Å². The molecule has 0 fully saturated rings. The number of aryl methyl sites for hydroxylation is 1. The van der Waals surface area contributed by atoms with Gasteiger partial charge in [0.25, 0.3) is 0 Å². The molecule has 0 aliphatic rings. The highest BCUT2D eigenvalue weighted by Crippen LogP contribution is 2.13. The van der Waals surface area contributed by atoms with Gasteiger partial charge in [0.2, 0.25) is 5.95 Å². The molecule has 0 aliphatic carbocycles. The Balaban J connectivity index is 2.51. The lowest BCUT2D eigenvalue weighted by Crippen LogP contribution is -2.05. The van der Waals surface area contributed by atoms with Gasteiger partial charge in [-0.05, 0) is 25.1 Å². The first-order valence-corrected chi connectivity index (χ1v) is 4.88. The number of hydrogen-bond donors (Lipinski definition) is 0. The van der Waals surface area contributed by atoms with Crippen LogP contribution in [0.3, 0.4) is 0 Å². The van der Waals surface area contributed by atoms with Crippen LogP contribution in [0.5, 0.6) is 0 Å². The molecule has 0 saturated carbocycles. The molecule has 0 aromatic carbocycles. The first-order chi connectivity index (χ1) is 7.33. The first-order valence-electron chi connectivity index (χ1n) is 4.88. The average molecular weight is 199 g/mol. The van der Waals surface area contributed by atoms with Gasteiger partial charge in [-0.15, -0.1) is 6.58 Å². The van der Waals surface area contributed by atoms with Gasteiger partial charge in [-0.2, -0.15) is 0 Å². The molecule has 0 amide bonds. The van der Waals surface area contributed by atoms with Crippen LogP contribution in [-0.2, 0) is 6.42 Å². The molecular formula is C12H13N3. The second-order valence-electron chi connectivity index (χ2n) is 3.34. The Hall–Kier alpha value is -1.90. The van der Waals surface area contributed by atoms with Crippen LogP contribution in [0.15, 0.2) is 43.2 Å². The molecule has 2 rings (SSSR count). The molecule has 3 heteroatoms. The van der Waals surface area contributed by atoms with Crippen molar-refractivity contribution in [1.29, 1.82) is 0 Å². The third kappa shape index (κ3) is 1.81. The number of nitrogens with zero attached hydrogens (tertiary/aromatic N) is 3. The molecule has 15 heavy (non-hydrogen) atoms. The lowest BCUT2D eigenvalue weighted by Gasteiger charge is -2.07. The molecule has 0 spiro atoms. The summed E-state index contributed by atoms with van der Waals surface area (Å²) in [7, 11) is 0. The first kappa shape index (κ1) is 9.65. The standard InChI is InChI=1S/C12H13N3/c1-3-5-11-7-6-10(2)15(11)12-13-8-4-9-14-12/h3-4,6-9H,1,5H2,2H3. The minimum absolute atomic E-state index is 0.719. The molecular weight excluding hydrogens is 186 g/mol. The summed E-state index contributed by atoms with van der Waals surface area (Å²) in [4.78, 5) is 8.48. The minimum atomic E-state index is 0.719. The van der Waals surface area contributed by atoms with Crippen molar-refractivity contribution in [3.63, 3.8) is 0 Å². The van der Waals surface area contributed by atoms with Gasteiger partial charge in [0.15, 0.2) is 0 Å². The van der Waals surface area contributed by atoms with E-state index in [1.807, 2.05) is 23.6 Å². The number of allylic oxidation sites excluding steroid dienone is 1. The van der Waals surface area contributed by atoms with E-state index in [0.29, 0.717) is 0 Å². The van der Waals surface area contributed by atoms with E-state index in [-0.39, 0.29) is 0 Å². The van der Waals surface area contributed by atoms with E-state index in [4.69, 9.17) is 0 Å². The van der Waals surface area contributed by atoms with Crippen molar-refractivity contribution in [2.24, 2.45) is 0 Å². The Kier molecular flexibility index (Phi) is 2.63. The quantitative estimate of drug-likeness (QED) is 0.710. The predicted molar refractivity (Wildman–Crippen MR) is 60.0 cm³/mol. The van der Waals surface area contributed by atoms with Crippen molar-refractivity contribution in [2.75, 3.05) is 0 Å². The SMILES string of the molecule is C=CCc1ccc(C)n1-c1ncccn1. The van der Waals surface area contributed by atoms with E-state index in [2.05, 4.69) is 28.7 Å². The van der Waals surface area contributed by atoms with Gasteiger partial charge in [-0.25, -0.2) is 9.97 Å². The Labute approximate surface area is 89.1 Å². The van der Waals surface area contributed by atoms with Crippen molar-refractivity contribution in [3.05, 3.63) is 54.6 Å². The minimum Gasteiger partial charge on any atom is -0.287 e. The summed E-state index contributed by atoms with van der Waals surface area (Å²) in [5.41, 5.74) is 2.30. The summed E-state index contributed by atoms with van der Waals surface area (Å²) in [6.07, 6.45) is 6.21. The maximum atomic E-state index is 4.24. The topological polar surface area (TPSA) is 30.7 Å². The van der Waals surface area contributed by atoms with Crippen LogP contribution < -0.4 is 0 Å². The summed E-state index contributed by atoms with van der Waals surface area (Å²) in [6, 6.07) is 5.96. The maximum Gasteiger partial charge on any atom is 0.233 e. The Morgan fingerprint density at radius 1 is 1.33 bits per heavy atom. The molecule has 0 N–H and O–H groups in total. The highest BCUT2D eigenvalue weighted by Gasteiger charge is 2.07. The summed E-state index contributed by atoms with van der Waals surface area (Å²) in [5.74, 6) is 0.719. The average Bonchev–Trinajstić information content (AvgIpc) is 2.62. The lowest BCUT2D eigenvalue weighted by atomic mass is 10.3. The second kappa shape index (κ2) is 4.09. The molecule has 0 bridgehead atoms. The monoisotopic (exact) mass is 199 g/mol. The van der Waals surface area contributed by atoms with E-state index in [1.54, 1.807) is 12.4 Å². The molecule has 0 unspecified atom stereocenters. The van der Waals surface area contributed by atoms with Gasteiger partial charge in [-0.3, -0.25) is 4.57 Å². The zero-order valence-electron chi connectivity index (χ0n) is 8.72. The number of hydrogen-bond acceptors (Lipinski definition) is 2. The summed E-state index contributed by atoms with van der Waals surface area (Å²) < 4.78 is 2.04. The molecule has 76 valence electrons. The largest absolute Gasteiger partial charge is 0.287 e. The van der Waals surface area contributed by atoms with Gasteiger partial charge >= 0.3 is 0 Å². The third-order valence-electron chi connectivity index (χ3n) is 2.26. The van der Waals surface area contributed by atoms with Crippen molar-refractivity contribution in [3.8, 4) is 5.95 Å². The van der Waals surface area contributed by atoms with Crippen molar-refractivity contribution < 1.29 is 0 Å². The maximum absolute atomic E-state index is 4.24. The predicted octanol–water partition coefficient (Wildman–Crippen LogP) is 2.30. The van der Waals surface area contributed by atoms with E-state index < -0.39 is 0 Å². The molecule has 0 radical (unpaired) electrons. The Morgan fingerprint density at radius 2 is 2.07 bits per heavy atom. The molecule has 0 atom stereocenters. The van der Waals surface area contributed by atoms with Crippen LogP contribution in [0.1, 0.15) is 11.4 Å². The van der Waals surface area contributed by atoms with Gasteiger partial charge in [0.1, 0.15) is 0 Å². The fourth-order valence-corrected chi connectivity index (χ4v) is 1.59. The molecule has 0 saturated heterocycles. The van der Waals surface area contributed by atoms with Crippen LogP contribution >= 0.6 is 0 Å². The molecule has 3 nitrogen and oxygen atoms in total. The zero-order chi connectivity index (χ0) is 10.7. The van der Waals surface area contributed by atoms with Crippen LogP contribution in [-0.4, -0.2) is 14.5 Å². The Bertz CT molecular complexity index is 457. The van der Waals surface area contributed by atoms with Gasteiger partial charge in [-0.1, -0.05) is 6.08 Å². The molecule has 2 aromatic heterocycles. The van der Waals surface area contributed by atoms with Crippen molar-refractivity contribution >= 4 is 0 Å². The van der Waals surface area contributed by atoms with Crippen LogP contribution in [0.4, 0.5) is 0 Å². The summed E-state index contributed by atoms with van der Waals surface area (Å²) in [5, 5.41) is 0. The highest BCUT2D eigenvalue weighted by atomic mass is 15.2. The molecule has 2 heterocycles. The number of rotatable bonds is 3. The third-order valence-corrected chi connectivity index (χ3v) is 2.26. The fraction of sp³-hybridized carbons (Fsp3) is 0.167. The molecule has 2 aromatic rings. The fourth-order valence-electron chi connectivity index (χ4n) is 1.59. The van der Waals surface area contributed by atoms with E-state index >= 15 is 0 Å². The van der Waals surface area contributed by atoms with Crippen LogP contribution in [0.25, 0.3) is 5.95 Å². The van der Waals surface area contributed by atoms with Gasteiger partial charge < -0.3 is 0 Å². The van der Waals surface area contributed by atoms with Gasteiger partial charge in [0, 0.05) is 30.2 Å². The van der Waals surface area contributed by atoms with E-state index in [1.165, 1.54) is 0 Å².